The van der Waals surface area contributed by atoms with Crippen molar-refractivity contribution in [3.05, 3.63) is 76.5 Å². The molecule has 0 amide bonds. The van der Waals surface area contributed by atoms with Gasteiger partial charge in [-0.15, -0.1) is 0 Å². The Bertz CT molecular complexity index is 1110. The number of benzene rings is 2. The first-order valence-electron chi connectivity index (χ1n) is 9.12. The third kappa shape index (κ3) is 3.52. The highest BCUT2D eigenvalue weighted by molar-refractivity contribution is 5.88. The van der Waals surface area contributed by atoms with Gasteiger partial charge in [0.1, 0.15) is 5.82 Å². The molecule has 0 unspecified atom stereocenters. The third-order valence-corrected chi connectivity index (χ3v) is 4.74. The molecule has 7 heteroatoms. The topological polar surface area (TPSA) is 87.5 Å². The van der Waals surface area contributed by atoms with Gasteiger partial charge in [0.05, 0.1) is 22.2 Å². The molecule has 1 aliphatic heterocycles. The van der Waals surface area contributed by atoms with Crippen molar-refractivity contribution < 1.29 is 9.90 Å². The zero-order valence-corrected chi connectivity index (χ0v) is 15.2. The van der Waals surface area contributed by atoms with E-state index in [0.29, 0.717) is 22.4 Å². The van der Waals surface area contributed by atoms with Crippen LogP contribution >= 0.6 is 0 Å². The highest BCUT2D eigenvalue weighted by Crippen LogP contribution is 2.16. The number of carbonyl (C=O) groups is 1. The maximum atomic E-state index is 13.2. The van der Waals surface area contributed by atoms with Gasteiger partial charge >= 0.3 is 5.97 Å². The van der Waals surface area contributed by atoms with Crippen molar-refractivity contribution in [3.63, 3.8) is 0 Å². The van der Waals surface area contributed by atoms with Gasteiger partial charge in [-0.2, -0.15) is 0 Å². The SMILES string of the molecule is O=C(O)c1cccc(-n2c(/C=C/N3CCNCC3)nc3ccccc3c2=O)c1. The monoisotopic (exact) mass is 376 g/mol. The molecule has 142 valence electrons. The number of hydrogen-bond acceptors (Lipinski definition) is 5. The van der Waals surface area contributed by atoms with E-state index in [9.17, 15) is 14.7 Å². The number of carboxylic acids is 1. The molecule has 2 aromatic carbocycles. The fourth-order valence-corrected chi connectivity index (χ4v) is 3.29. The summed E-state index contributed by atoms with van der Waals surface area (Å²) >= 11 is 0. The second kappa shape index (κ2) is 7.66. The summed E-state index contributed by atoms with van der Waals surface area (Å²) in [6, 6.07) is 13.5. The number of para-hydroxylation sites is 1. The predicted octanol–water partition coefficient (Wildman–Crippen LogP) is 1.96. The number of fused-ring (bicyclic) bond motifs is 1. The van der Waals surface area contributed by atoms with Gasteiger partial charge in [0.25, 0.3) is 5.56 Å². The number of aromatic carboxylic acids is 1. The van der Waals surface area contributed by atoms with Gasteiger partial charge in [0.2, 0.25) is 0 Å². The molecule has 1 aromatic heterocycles. The van der Waals surface area contributed by atoms with Crippen LogP contribution in [0.1, 0.15) is 16.2 Å². The maximum Gasteiger partial charge on any atom is 0.335 e. The van der Waals surface area contributed by atoms with E-state index in [1.54, 1.807) is 30.3 Å². The summed E-state index contributed by atoms with van der Waals surface area (Å²) in [5, 5.41) is 13.1. The second-order valence-corrected chi connectivity index (χ2v) is 6.58. The van der Waals surface area contributed by atoms with Crippen molar-refractivity contribution >= 4 is 22.9 Å². The zero-order valence-electron chi connectivity index (χ0n) is 15.2. The van der Waals surface area contributed by atoms with Crippen molar-refractivity contribution in [2.75, 3.05) is 26.2 Å². The van der Waals surface area contributed by atoms with Crippen LogP contribution in [0.3, 0.4) is 0 Å². The van der Waals surface area contributed by atoms with E-state index in [0.717, 1.165) is 26.2 Å². The number of carboxylic acid groups (broad SMARTS) is 1. The second-order valence-electron chi connectivity index (χ2n) is 6.58. The Hall–Kier alpha value is -3.45. The largest absolute Gasteiger partial charge is 0.478 e. The third-order valence-electron chi connectivity index (χ3n) is 4.74. The van der Waals surface area contributed by atoms with E-state index in [1.807, 2.05) is 18.3 Å². The lowest BCUT2D eigenvalue weighted by Crippen LogP contribution is -2.40. The molecule has 4 rings (SSSR count). The average molecular weight is 376 g/mol. The molecule has 1 fully saturated rings. The summed E-state index contributed by atoms with van der Waals surface area (Å²) in [5.41, 5.74) is 0.976. The Morgan fingerprint density at radius 2 is 1.89 bits per heavy atom. The van der Waals surface area contributed by atoms with Crippen LogP contribution in [0.2, 0.25) is 0 Å². The first-order chi connectivity index (χ1) is 13.6. The van der Waals surface area contributed by atoms with Gasteiger partial charge in [-0.3, -0.25) is 9.36 Å². The van der Waals surface area contributed by atoms with Crippen molar-refractivity contribution in [3.8, 4) is 5.69 Å². The lowest BCUT2D eigenvalue weighted by Gasteiger charge is -2.25. The summed E-state index contributed by atoms with van der Waals surface area (Å²) < 4.78 is 1.47. The highest BCUT2D eigenvalue weighted by Gasteiger charge is 2.13. The molecule has 0 spiro atoms. The molecule has 28 heavy (non-hydrogen) atoms. The molecule has 1 aliphatic rings. The molecule has 0 saturated carbocycles. The molecule has 7 nitrogen and oxygen atoms in total. The van der Waals surface area contributed by atoms with Gasteiger partial charge in [-0.25, -0.2) is 9.78 Å². The summed E-state index contributed by atoms with van der Waals surface area (Å²) in [5.74, 6) is -0.577. The Kier molecular flexibility index (Phi) is 4.90. The first-order valence-corrected chi connectivity index (χ1v) is 9.12. The van der Waals surface area contributed by atoms with Crippen LogP contribution in [-0.4, -0.2) is 51.7 Å². The molecular weight excluding hydrogens is 356 g/mol. The molecule has 2 N–H and O–H groups in total. The van der Waals surface area contributed by atoms with Crippen molar-refractivity contribution in [2.24, 2.45) is 0 Å². The van der Waals surface area contributed by atoms with E-state index in [1.165, 1.54) is 16.7 Å². The number of hydrogen-bond donors (Lipinski definition) is 2. The number of piperazine rings is 1. The Morgan fingerprint density at radius 3 is 2.68 bits per heavy atom. The van der Waals surface area contributed by atoms with E-state index < -0.39 is 5.97 Å². The number of aromatic nitrogens is 2. The number of nitrogens with one attached hydrogen (secondary N) is 1. The van der Waals surface area contributed by atoms with Crippen LogP contribution in [0.25, 0.3) is 22.7 Å². The molecule has 0 aliphatic carbocycles. The molecule has 1 saturated heterocycles. The Labute approximate surface area is 161 Å². The van der Waals surface area contributed by atoms with Gasteiger partial charge in [-0.05, 0) is 36.4 Å². The fraction of sp³-hybridized carbons (Fsp3) is 0.190. The molecule has 3 aromatic rings. The summed E-state index contributed by atoms with van der Waals surface area (Å²) in [6.07, 6.45) is 3.75. The van der Waals surface area contributed by atoms with E-state index >= 15 is 0 Å². The van der Waals surface area contributed by atoms with Crippen LogP contribution < -0.4 is 10.9 Å². The minimum absolute atomic E-state index is 0.120. The van der Waals surface area contributed by atoms with E-state index in [-0.39, 0.29) is 11.1 Å². The minimum atomic E-state index is -1.04. The van der Waals surface area contributed by atoms with Crippen LogP contribution in [0.15, 0.2) is 59.5 Å². The Morgan fingerprint density at radius 1 is 1.11 bits per heavy atom. The van der Waals surface area contributed by atoms with Crippen LogP contribution in [-0.2, 0) is 0 Å². The standard InChI is InChI=1S/C21H20N4O3/c26-20-17-6-1-2-7-18(17)23-19(8-11-24-12-9-22-10-13-24)25(20)16-5-3-4-15(14-16)21(27)28/h1-8,11,14,22H,9-10,12-13H2,(H,27,28)/b11-8+. The van der Waals surface area contributed by atoms with Crippen LogP contribution in [0, 0.1) is 0 Å². The van der Waals surface area contributed by atoms with Gasteiger partial charge in [-0.1, -0.05) is 18.2 Å². The van der Waals surface area contributed by atoms with Crippen LogP contribution in [0.5, 0.6) is 0 Å². The number of nitrogens with zero attached hydrogens (tertiary/aromatic N) is 3. The van der Waals surface area contributed by atoms with Gasteiger partial charge in [0, 0.05) is 32.4 Å². The van der Waals surface area contributed by atoms with Gasteiger partial charge in [0.15, 0.2) is 0 Å². The molecule has 0 radical (unpaired) electrons. The fourth-order valence-electron chi connectivity index (χ4n) is 3.29. The summed E-state index contributed by atoms with van der Waals surface area (Å²) in [6.45, 7) is 3.57. The molecule has 0 atom stereocenters. The van der Waals surface area contributed by atoms with E-state index in [2.05, 4.69) is 15.2 Å². The minimum Gasteiger partial charge on any atom is -0.478 e. The highest BCUT2D eigenvalue weighted by atomic mass is 16.4. The summed E-state index contributed by atoms with van der Waals surface area (Å²) in [7, 11) is 0. The zero-order chi connectivity index (χ0) is 19.5. The van der Waals surface area contributed by atoms with Crippen LogP contribution in [0.4, 0.5) is 0 Å². The smallest absolute Gasteiger partial charge is 0.335 e. The normalized spacial score (nSPS) is 14.6. The molecular formula is C21H20N4O3. The summed E-state index contributed by atoms with van der Waals surface area (Å²) in [4.78, 5) is 31.4. The lowest BCUT2D eigenvalue weighted by molar-refractivity contribution is 0.0697. The van der Waals surface area contributed by atoms with Crippen molar-refractivity contribution in [1.82, 2.24) is 19.8 Å². The lowest BCUT2D eigenvalue weighted by atomic mass is 10.2. The van der Waals surface area contributed by atoms with E-state index in [4.69, 9.17) is 0 Å². The Balaban J connectivity index is 1.88. The quantitative estimate of drug-likeness (QED) is 0.724. The van der Waals surface area contributed by atoms with Crippen molar-refractivity contribution in [2.45, 2.75) is 0 Å². The predicted molar refractivity (Wildman–Crippen MR) is 108 cm³/mol. The number of rotatable bonds is 4. The first kappa shape index (κ1) is 17.9. The average Bonchev–Trinajstić information content (AvgIpc) is 2.73. The van der Waals surface area contributed by atoms with Gasteiger partial charge < -0.3 is 15.3 Å². The molecule has 2 heterocycles. The maximum absolute atomic E-state index is 13.2. The van der Waals surface area contributed by atoms with Crippen molar-refractivity contribution in [1.29, 1.82) is 0 Å². The molecule has 0 bridgehead atoms.